The van der Waals surface area contributed by atoms with Gasteiger partial charge in [-0.25, -0.2) is 4.99 Å². The van der Waals surface area contributed by atoms with Crippen molar-refractivity contribution in [3.63, 3.8) is 0 Å². The lowest BCUT2D eigenvalue weighted by molar-refractivity contribution is 0.0915. The number of likely N-dealkylation sites (tertiary alicyclic amines) is 1. The molecule has 2 saturated carbocycles. The lowest BCUT2D eigenvalue weighted by atomic mass is 9.83. The second kappa shape index (κ2) is 16.7. The minimum Gasteiger partial charge on any atom is -0.301 e. The van der Waals surface area contributed by atoms with Gasteiger partial charge in [-0.05, 0) is 144 Å². The molecule has 0 N–H and O–H groups in total. The number of amidine groups is 1. The maximum Gasteiger partial charge on any atom is 0.140 e. The van der Waals surface area contributed by atoms with Gasteiger partial charge in [-0.3, -0.25) is 4.99 Å². The van der Waals surface area contributed by atoms with Crippen molar-refractivity contribution in [1.82, 2.24) is 9.80 Å². The third-order valence-electron chi connectivity index (χ3n) is 10.9. The van der Waals surface area contributed by atoms with Crippen molar-refractivity contribution < 1.29 is 0 Å². The number of unbranched alkanes of at least 4 members (excludes halogenated alkanes) is 1. The van der Waals surface area contributed by atoms with Gasteiger partial charge in [0.2, 0.25) is 0 Å². The van der Waals surface area contributed by atoms with Gasteiger partial charge in [0, 0.05) is 25.0 Å². The first kappa shape index (κ1) is 35.1. The fourth-order valence-corrected chi connectivity index (χ4v) is 6.74. The van der Waals surface area contributed by atoms with Gasteiger partial charge < -0.3 is 9.80 Å². The van der Waals surface area contributed by atoms with Crippen LogP contribution in [0.1, 0.15) is 126 Å². The molecular weight excluding hydrogens is 548 g/mol. The van der Waals surface area contributed by atoms with Crippen LogP contribution in [-0.4, -0.2) is 47.5 Å². The number of aliphatic imine (C=N–C) groups is 2. The molecule has 3 heterocycles. The van der Waals surface area contributed by atoms with E-state index in [2.05, 4.69) is 100 Å². The molecular formula is C41H62N4. The van der Waals surface area contributed by atoms with Gasteiger partial charge in [0.15, 0.2) is 0 Å². The molecule has 246 valence electrons. The van der Waals surface area contributed by atoms with Gasteiger partial charge in [-0.15, -0.1) is 0 Å². The molecule has 0 aromatic rings. The van der Waals surface area contributed by atoms with E-state index in [9.17, 15) is 0 Å². The molecule has 0 spiro atoms. The lowest BCUT2D eigenvalue weighted by Crippen LogP contribution is -2.45. The molecule has 0 bridgehead atoms. The van der Waals surface area contributed by atoms with Crippen LogP contribution in [0.3, 0.4) is 0 Å². The zero-order chi connectivity index (χ0) is 32.5. The molecule has 1 unspecified atom stereocenters. The summed E-state index contributed by atoms with van der Waals surface area (Å²) in [4.78, 5) is 14.9. The predicted octanol–water partition coefficient (Wildman–Crippen LogP) is 10.9. The molecule has 4 nitrogen and oxygen atoms in total. The monoisotopic (exact) mass is 610 g/mol. The second-order valence-electron chi connectivity index (χ2n) is 14.0. The molecule has 1 atom stereocenters. The van der Waals surface area contributed by atoms with Crippen LogP contribution in [-0.2, 0) is 0 Å². The number of nitrogens with zero attached hydrogens (tertiary/aromatic N) is 4. The summed E-state index contributed by atoms with van der Waals surface area (Å²) in [5.41, 5.74) is 11.4. The Bertz CT molecular complexity index is 1310. The van der Waals surface area contributed by atoms with Crippen molar-refractivity contribution >= 4 is 11.5 Å². The Labute approximate surface area is 276 Å². The van der Waals surface area contributed by atoms with Crippen LogP contribution in [0, 0.1) is 11.8 Å². The first-order valence-electron chi connectivity index (χ1n) is 18.2. The largest absolute Gasteiger partial charge is 0.301 e. The highest BCUT2D eigenvalue weighted by Crippen LogP contribution is 2.39. The maximum atomic E-state index is 5.16. The Kier molecular flexibility index (Phi) is 13.1. The number of allylic oxidation sites excluding steroid dienone is 9. The van der Waals surface area contributed by atoms with Crippen molar-refractivity contribution in [3.8, 4) is 0 Å². The molecule has 2 aliphatic carbocycles. The fourth-order valence-electron chi connectivity index (χ4n) is 6.74. The minimum atomic E-state index is 0.652. The Balaban J connectivity index is 0.000000399. The average molecular weight is 611 g/mol. The summed E-state index contributed by atoms with van der Waals surface area (Å²) in [5.74, 6) is 2.50. The molecule has 0 radical (unpaired) electrons. The molecule has 45 heavy (non-hydrogen) atoms. The Hall–Kier alpha value is -2.72. The topological polar surface area (TPSA) is 31.2 Å². The van der Waals surface area contributed by atoms with Crippen LogP contribution in [0.2, 0.25) is 0 Å². The summed E-state index contributed by atoms with van der Waals surface area (Å²) in [6.45, 7) is 22.2. The lowest BCUT2D eigenvalue weighted by Gasteiger charge is -2.43. The number of hydrogen-bond donors (Lipinski definition) is 0. The number of hydrogen-bond acceptors (Lipinski definition) is 4. The standard InChI is InChI=1S/C31H42N4.C10H20/c1-6-21(2)22(3)18-28(32-5)29-19-30(25-9-7-10-25)35-20-26(17-23(4)31(35)33-29)24-13-15-34(16-14-24)27-11-8-12-27;1-5-7-8-10(4)9(3)6-2/h17-20,24,27H,2,6-16H2,1,3-5H3;8-9H,5-7H2,1-4H3/b22-18+,32-28?;10-8-. The van der Waals surface area contributed by atoms with E-state index in [1.165, 1.54) is 106 Å². The fraction of sp³-hybridized carbons (Fsp3) is 0.610. The van der Waals surface area contributed by atoms with E-state index in [1.54, 1.807) is 11.1 Å². The van der Waals surface area contributed by atoms with E-state index >= 15 is 0 Å². The summed E-state index contributed by atoms with van der Waals surface area (Å²) in [6.07, 6.45) is 26.8. The molecule has 5 aliphatic rings. The van der Waals surface area contributed by atoms with Crippen LogP contribution in [0.15, 0.2) is 91.9 Å². The van der Waals surface area contributed by atoms with Crippen LogP contribution in [0.4, 0.5) is 0 Å². The molecule has 5 rings (SSSR count). The molecule has 0 aromatic heterocycles. The summed E-state index contributed by atoms with van der Waals surface area (Å²) in [5, 5.41) is 0. The molecule has 0 aromatic carbocycles. The van der Waals surface area contributed by atoms with Gasteiger partial charge in [0.1, 0.15) is 5.84 Å². The van der Waals surface area contributed by atoms with E-state index in [1.807, 2.05) is 7.05 Å². The van der Waals surface area contributed by atoms with Crippen molar-refractivity contribution in [2.75, 3.05) is 20.1 Å². The van der Waals surface area contributed by atoms with Crippen molar-refractivity contribution in [2.45, 2.75) is 132 Å². The van der Waals surface area contributed by atoms with Gasteiger partial charge in [-0.1, -0.05) is 70.4 Å². The number of piperidine rings is 1. The summed E-state index contributed by atoms with van der Waals surface area (Å²) in [7, 11) is 1.87. The number of fused-ring (bicyclic) bond motifs is 1. The normalized spacial score (nSPS) is 22.7. The SMILES string of the molecule is C=C(CC)/C(C)=C/C(=NC)C1=CC(=C2CCC2)N2C=C(C3CCN(C4CCC4)CC3)C=C(C)C2=N1.CCC/C=C(/C)C(C)CC. The third kappa shape index (κ3) is 8.76. The Morgan fingerprint density at radius 1 is 1.07 bits per heavy atom. The van der Waals surface area contributed by atoms with E-state index in [-0.39, 0.29) is 0 Å². The van der Waals surface area contributed by atoms with Crippen LogP contribution in [0.5, 0.6) is 0 Å². The molecule has 3 aliphatic heterocycles. The summed E-state index contributed by atoms with van der Waals surface area (Å²) in [6, 6.07) is 0.870. The first-order valence-corrected chi connectivity index (χ1v) is 18.2. The molecule has 4 heteroatoms. The van der Waals surface area contributed by atoms with Crippen LogP contribution < -0.4 is 0 Å². The Morgan fingerprint density at radius 3 is 2.31 bits per heavy atom. The highest BCUT2D eigenvalue weighted by Gasteiger charge is 2.33. The van der Waals surface area contributed by atoms with Gasteiger partial charge in [0.25, 0.3) is 0 Å². The van der Waals surface area contributed by atoms with E-state index in [0.29, 0.717) is 5.92 Å². The van der Waals surface area contributed by atoms with Crippen molar-refractivity contribution in [1.29, 1.82) is 0 Å². The van der Waals surface area contributed by atoms with Gasteiger partial charge >= 0.3 is 0 Å². The summed E-state index contributed by atoms with van der Waals surface area (Å²) >= 11 is 0. The van der Waals surface area contributed by atoms with Crippen molar-refractivity contribution in [2.24, 2.45) is 21.8 Å². The van der Waals surface area contributed by atoms with Gasteiger partial charge in [-0.2, -0.15) is 0 Å². The average Bonchev–Trinajstić information content (AvgIpc) is 3.00. The Morgan fingerprint density at radius 2 is 1.78 bits per heavy atom. The predicted molar refractivity (Wildman–Crippen MR) is 197 cm³/mol. The van der Waals surface area contributed by atoms with Gasteiger partial charge in [0.05, 0.1) is 11.4 Å². The minimum absolute atomic E-state index is 0.652. The zero-order valence-electron chi connectivity index (χ0n) is 30.0. The second-order valence-corrected chi connectivity index (χ2v) is 14.0. The zero-order valence-corrected chi connectivity index (χ0v) is 30.0. The van der Waals surface area contributed by atoms with E-state index in [0.717, 1.165) is 41.2 Å². The molecule has 3 fully saturated rings. The molecule has 0 amide bonds. The third-order valence-corrected chi connectivity index (χ3v) is 10.9. The van der Waals surface area contributed by atoms with E-state index < -0.39 is 0 Å². The summed E-state index contributed by atoms with van der Waals surface area (Å²) < 4.78 is 0. The maximum absolute atomic E-state index is 5.16. The van der Waals surface area contributed by atoms with Crippen LogP contribution in [0.25, 0.3) is 0 Å². The smallest absolute Gasteiger partial charge is 0.140 e. The van der Waals surface area contributed by atoms with Crippen LogP contribution >= 0.6 is 0 Å². The number of rotatable bonds is 10. The first-order chi connectivity index (χ1) is 21.7. The highest BCUT2D eigenvalue weighted by atomic mass is 15.2. The van der Waals surface area contributed by atoms with Crippen molar-refractivity contribution in [3.05, 3.63) is 81.9 Å². The van der Waals surface area contributed by atoms with E-state index in [4.69, 9.17) is 4.99 Å². The quantitative estimate of drug-likeness (QED) is 0.140. The molecule has 1 saturated heterocycles. The highest BCUT2D eigenvalue weighted by molar-refractivity contribution is 6.13.